The van der Waals surface area contributed by atoms with Gasteiger partial charge in [-0.3, -0.25) is 0 Å². The quantitative estimate of drug-likeness (QED) is 0.204. The van der Waals surface area contributed by atoms with Gasteiger partial charge in [0.25, 0.3) is 0 Å². The largest absolute Gasteiger partial charge is 0.398 e. The van der Waals surface area contributed by atoms with Gasteiger partial charge in [0.1, 0.15) is 0 Å². The Balaban J connectivity index is 1.45. The molecule has 2 N–H and O–H groups in total. The molecular weight excluding hydrogens is 536 g/mol. The summed E-state index contributed by atoms with van der Waals surface area (Å²) >= 11 is 0. The van der Waals surface area contributed by atoms with Crippen molar-refractivity contribution in [1.29, 1.82) is 0 Å². The van der Waals surface area contributed by atoms with E-state index in [1.807, 2.05) is 18.2 Å². The summed E-state index contributed by atoms with van der Waals surface area (Å²) in [5.41, 5.74) is 18.1. The molecule has 0 saturated carbocycles. The molecule has 0 aliphatic heterocycles. The smallest absolute Gasteiger partial charge is 0.0972 e. The number of aromatic nitrogens is 3. The molecule has 3 heterocycles. The zero-order valence-electron chi connectivity index (χ0n) is 24.1. The molecule has 0 amide bonds. The summed E-state index contributed by atoms with van der Waals surface area (Å²) in [6, 6.07) is 50.6. The number of hydrogen-bond donors (Lipinski definition) is 1. The summed E-state index contributed by atoms with van der Waals surface area (Å²) in [4.78, 5) is 5.42. The molecule has 0 spiro atoms. The maximum Gasteiger partial charge on any atom is 0.0972 e. The second kappa shape index (κ2) is 10.8. The minimum absolute atomic E-state index is 0.711. The van der Waals surface area contributed by atoms with E-state index in [-0.39, 0.29) is 0 Å². The second-order valence-corrected chi connectivity index (χ2v) is 11.0. The van der Waals surface area contributed by atoms with Gasteiger partial charge >= 0.3 is 0 Å². The first kappa shape index (κ1) is 25.8. The summed E-state index contributed by atoms with van der Waals surface area (Å²) < 4.78 is 4.64. The SMILES string of the molecule is N/C(=C\C(=C/Cc1ccccc1)n1c2ccccc2c2nc3c4ccccc4n(-c4ccccc4)c3cc21)c1ccccc1. The van der Waals surface area contributed by atoms with Crippen molar-refractivity contribution in [2.24, 2.45) is 5.73 Å². The van der Waals surface area contributed by atoms with Crippen molar-refractivity contribution in [3.8, 4) is 5.69 Å². The normalized spacial score (nSPS) is 12.5. The highest BCUT2D eigenvalue weighted by Crippen LogP contribution is 2.38. The summed E-state index contributed by atoms with van der Waals surface area (Å²) in [6.45, 7) is 0. The lowest BCUT2D eigenvalue weighted by molar-refractivity contribution is 1.17. The van der Waals surface area contributed by atoms with Crippen LogP contribution in [0.2, 0.25) is 0 Å². The molecule has 8 aromatic rings. The zero-order valence-corrected chi connectivity index (χ0v) is 24.1. The van der Waals surface area contributed by atoms with Gasteiger partial charge in [0.15, 0.2) is 0 Å². The number of allylic oxidation sites excluding steroid dienone is 3. The Kier molecular flexibility index (Phi) is 6.31. The lowest BCUT2D eigenvalue weighted by Gasteiger charge is -2.12. The summed E-state index contributed by atoms with van der Waals surface area (Å²) in [7, 11) is 0. The number of para-hydroxylation sites is 3. The van der Waals surface area contributed by atoms with E-state index in [1.165, 1.54) is 5.56 Å². The minimum atomic E-state index is 0.711. The third-order valence-electron chi connectivity index (χ3n) is 8.34. The first-order chi connectivity index (χ1) is 21.8. The minimum Gasteiger partial charge on any atom is -0.398 e. The number of pyridine rings is 1. The van der Waals surface area contributed by atoms with E-state index in [0.29, 0.717) is 5.70 Å². The predicted molar refractivity (Wildman–Crippen MR) is 185 cm³/mol. The zero-order chi connectivity index (χ0) is 29.5. The van der Waals surface area contributed by atoms with Gasteiger partial charge in [-0.25, -0.2) is 4.98 Å². The molecule has 0 aliphatic carbocycles. The van der Waals surface area contributed by atoms with Gasteiger partial charge < -0.3 is 14.9 Å². The molecule has 5 aromatic carbocycles. The van der Waals surface area contributed by atoms with Crippen LogP contribution < -0.4 is 5.73 Å². The predicted octanol–water partition coefficient (Wildman–Crippen LogP) is 9.37. The molecule has 0 atom stereocenters. The molecule has 0 saturated heterocycles. The Labute approximate surface area is 255 Å². The number of nitrogens with zero attached hydrogens (tertiary/aromatic N) is 3. The summed E-state index contributed by atoms with van der Waals surface area (Å²) in [5.74, 6) is 0. The van der Waals surface area contributed by atoms with Crippen LogP contribution in [0, 0.1) is 0 Å². The van der Waals surface area contributed by atoms with Gasteiger partial charge in [-0.2, -0.15) is 0 Å². The lowest BCUT2D eigenvalue weighted by Crippen LogP contribution is -2.02. The van der Waals surface area contributed by atoms with E-state index in [0.717, 1.165) is 67.2 Å². The van der Waals surface area contributed by atoms with Crippen molar-refractivity contribution in [3.63, 3.8) is 0 Å². The fourth-order valence-electron chi connectivity index (χ4n) is 6.29. The average Bonchev–Trinajstić information content (AvgIpc) is 3.59. The van der Waals surface area contributed by atoms with Crippen molar-refractivity contribution in [2.45, 2.75) is 6.42 Å². The van der Waals surface area contributed by atoms with Crippen molar-refractivity contribution in [2.75, 3.05) is 0 Å². The van der Waals surface area contributed by atoms with Gasteiger partial charge in [-0.05, 0) is 54.0 Å². The second-order valence-electron chi connectivity index (χ2n) is 11.0. The molecule has 0 fully saturated rings. The molecule has 3 aromatic heterocycles. The van der Waals surface area contributed by atoms with E-state index in [4.69, 9.17) is 10.7 Å². The highest BCUT2D eigenvalue weighted by Gasteiger charge is 2.20. The van der Waals surface area contributed by atoms with E-state index < -0.39 is 0 Å². The topological polar surface area (TPSA) is 48.8 Å². The summed E-state index contributed by atoms with van der Waals surface area (Å²) in [6.07, 6.45) is 5.14. The molecule has 8 rings (SSSR count). The Morgan fingerprint density at radius 3 is 1.89 bits per heavy atom. The van der Waals surface area contributed by atoms with Crippen LogP contribution in [0.15, 0.2) is 158 Å². The first-order valence-electron chi connectivity index (χ1n) is 14.9. The van der Waals surface area contributed by atoms with Crippen LogP contribution in [0.25, 0.3) is 61.0 Å². The molecule has 4 heteroatoms. The van der Waals surface area contributed by atoms with Crippen LogP contribution in [0.5, 0.6) is 0 Å². The van der Waals surface area contributed by atoms with E-state index in [9.17, 15) is 0 Å². The number of nitrogens with two attached hydrogens (primary N) is 1. The highest BCUT2D eigenvalue weighted by molar-refractivity contribution is 6.16. The number of rotatable bonds is 6. The maximum absolute atomic E-state index is 6.79. The molecule has 0 radical (unpaired) electrons. The third-order valence-corrected chi connectivity index (χ3v) is 8.34. The average molecular weight is 567 g/mol. The Morgan fingerprint density at radius 1 is 0.591 bits per heavy atom. The van der Waals surface area contributed by atoms with Crippen LogP contribution >= 0.6 is 0 Å². The monoisotopic (exact) mass is 566 g/mol. The number of fused-ring (bicyclic) bond motifs is 6. The molecule has 0 aliphatic rings. The molecular formula is C40H30N4. The third kappa shape index (κ3) is 4.36. The van der Waals surface area contributed by atoms with Crippen molar-refractivity contribution in [1.82, 2.24) is 14.1 Å². The number of benzene rings is 5. The maximum atomic E-state index is 6.79. The van der Waals surface area contributed by atoms with Gasteiger partial charge in [-0.15, -0.1) is 0 Å². The summed E-state index contributed by atoms with van der Waals surface area (Å²) in [5, 5.41) is 2.25. The Morgan fingerprint density at radius 2 is 1.16 bits per heavy atom. The molecule has 0 unspecified atom stereocenters. The standard InChI is InChI=1S/C40H30N4/c41-34(29-16-6-2-7-17-29)26-31(25-24-28-14-4-1-5-15-28)44-36-23-13-11-21-33(36)40-38(44)27-37-39(42-40)32-20-10-12-22-35(32)43(37)30-18-8-3-9-19-30/h1-23,25-27H,24,41H2/b31-25+,34-26-. The molecule has 0 bridgehead atoms. The van der Waals surface area contributed by atoms with Crippen LogP contribution in [0.1, 0.15) is 11.1 Å². The van der Waals surface area contributed by atoms with Gasteiger partial charge in [0.2, 0.25) is 0 Å². The van der Waals surface area contributed by atoms with Gasteiger partial charge in [-0.1, -0.05) is 121 Å². The lowest BCUT2D eigenvalue weighted by atomic mass is 10.1. The van der Waals surface area contributed by atoms with Crippen LogP contribution in [-0.2, 0) is 6.42 Å². The van der Waals surface area contributed by atoms with Crippen molar-refractivity contribution in [3.05, 3.63) is 169 Å². The highest BCUT2D eigenvalue weighted by atomic mass is 15.0. The first-order valence-corrected chi connectivity index (χ1v) is 14.9. The van der Waals surface area contributed by atoms with E-state index in [2.05, 4.69) is 149 Å². The van der Waals surface area contributed by atoms with E-state index in [1.54, 1.807) is 0 Å². The van der Waals surface area contributed by atoms with Crippen molar-refractivity contribution >= 4 is 55.3 Å². The Hall–Kier alpha value is -5.87. The molecule has 210 valence electrons. The van der Waals surface area contributed by atoms with Crippen molar-refractivity contribution < 1.29 is 0 Å². The number of hydrogen-bond acceptors (Lipinski definition) is 2. The van der Waals surface area contributed by atoms with Gasteiger partial charge in [0.05, 0.1) is 33.1 Å². The van der Waals surface area contributed by atoms with Crippen LogP contribution in [0.4, 0.5) is 0 Å². The molecule has 4 nitrogen and oxygen atoms in total. The van der Waals surface area contributed by atoms with Gasteiger partial charge in [0, 0.05) is 27.9 Å². The Bertz CT molecular complexity index is 2340. The fraction of sp³-hybridized carbons (Fsp3) is 0.0250. The molecule has 44 heavy (non-hydrogen) atoms. The van der Waals surface area contributed by atoms with Crippen LogP contribution in [0.3, 0.4) is 0 Å². The fourth-order valence-corrected chi connectivity index (χ4v) is 6.29. The van der Waals surface area contributed by atoms with E-state index >= 15 is 0 Å². The van der Waals surface area contributed by atoms with Crippen LogP contribution in [-0.4, -0.2) is 14.1 Å².